The van der Waals surface area contributed by atoms with Crippen molar-refractivity contribution in [3.8, 4) is 16.9 Å². The zero-order valence-corrected chi connectivity index (χ0v) is 13.9. The molecule has 6 nitrogen and oxygen atoms in total. The molecule has 0 aliphatic carbocycles. The average Bonchev–Trinajstić information content (AvgIpc) is 3.39. The summed E-state index contributed by atoms with van der Waals surface area (Å²) in [4.78, 5) is 16.6. The highest BCUT2D eigenvalue weighted by molar-refractivity contribution is 5.94. The number of furan rings is 1. The van der Waals surface area contributed by atoms with Crippen molar-refractivity contribution in [1.29, 1.82) is 0 Å². The lowest BCUT2D eigenvalue weighted by Crippen LogP contribution is -2.22. The van der Waals surface area contributed by atoms with Crippen molar-refractivity contribution < 1.29 is 9.21 Å². The van der Waals surface area contributed by atoms with E-state index in [1.165, 1.54) is 0 Å². The number of amides is 1. The SMILES string of the molecule is O=C(NCc1ccco1)c1ccc(-c2cnn(-c3ccccc3)c2)nc1. The Bertz CT molecular complexity index is 990. The Morgan fingerprint density at radius 3 is 2.65 bits per heavy atom. The van der Waals surface area contributed by atoms with E-state index in [9.17, 15) is 4.79 Å². The summed E-state index contributed by atoms with van der Waals surface area (Å²) in [5, 5.41) is 7.16. The predicted octanol–water partition coefficient (Wildman–Crippen LogP) is 3.46. The van der Waals surface area contributed by atoms with Gasteiger partial charge in [0, 0.05) is 18.0 Å². The van der Waals surface area contributed by atoms with Crippen LogP contribution in [0.1, 0.15) is 16.1 Å². The van der Waals surface area contributed by atoms with Crippen LogP contribution in [0.15, 0.2) is 83.9 Å². The molecule has 0 aliphatic rings. The molecule has 1 aromatic carbocycles. The van der Waals surface area contributed by atoms with Crippen molar-refractivity contribution in [1.82, 2.24) is 20.1 Å². The first-order valence-corrected chi connectivity index (χ1v) is 8.17. The molecule has 4 aromatic rings. The zero-order chi connectivity index (χ0) is 17.8. The largest absolute Gasteiger partial charge is 0.467 e. The van der Waals surface area contributed by atoms with Crippen LogP contribution >= 0.6 is 0 Å². The van der Waals surface area contributed by atoms with Crippen LogP contribution in [0.2, 0.25) is 0 Å². The number of hydrogen-bond acceptors (Lipinski definition) is 4. The lowest BCUT2D eigenvalue weighted by Gasteiger charge is -2.04. The van der Waals surface area contributed by atoms with Gasteiger partial charge in [0.05, 0.1) is 35.9 Å². The average molecular weight is 344 g/mol. The molecular formula is C20H16N4O2. The molecule has 0 saturated heterocycles. The van der Waals surface area contributed by atoms with Gasteiger partial charge < -0.3 is 9.73 Å². The normalized spacial score (nSPS) is 10.6. The number of hydrogen-bond donors (Lipinski definition) is 1. The van der Waals surface area contributed by atoms with E-state index < -0.39 is 0 Å². The van der Waals surface area contributed by atoms with Crippen LogP contribution < -0.4 is 5.32 Å². The van der Waals surface area contributed by atoms with Crippen LogP contribution in [-0.2, 0) is 6.54 Å². The van der Waals surface area contributed by atoms with Crippen LogP contribution in [-0.4, -0.2) is 20.7 Å². The van der Waals surface area contributed by atoms with Crippen molar-refractivity contribution in [3.05, 3.63) is 90.8 Å². The minimum Gasteiger partial charge on any atom is -0.467 e. The van der Waals surface area contributed by atoms with Gasteiger partial charge in [-0.25, -0.2) is 4.68 Å². The first-order valence-electron chi connectivity index (χ1n) is 8.17. The summed E-state index contributed by atoms with van der Waals surface area (Å²) in [6.07, 6.45) is 6.81. The highest BCUT2D eigenvalue weighted by Gasteiger charge is 2.09. The van der Waals surface area contributed by atoms with Crippen LogP contribution in [0.4, 0.5) is 0 Å². The molecule has 1 N–H and O–H groups in total. The van der Waals surface area contributed by atoms with E-state index >= 15 is 0 Å². The Hall–Kier alpha value is -3.67. The van der Waals surface area contributed by atoms with Gasteiger partial charge in [-0.1, -0.05) is 18.2 Å². The third kappa shape index (κ3) is 3.39. The van der Waals surface area contributed by atoms with Gasteiger partial charge in [0.1, 0.15) is 5.76 Å². The van der Waals surface area contributed by atoms with E-state index in [2.05, 4.69) is 15.4 Å². The molecule has 3 aromatic heterocycles. The summed E-state index contributed by atoms with van der Waals surface area (Å²) in [6, 6.07) is 17.0. The number of pyridine rings is 1. The topological polar surface area (TPSA) is 73.0 Å². The number of para-hydroxylation sites is 1. The quantitative estimate of drug-likeness (QED) is 0.602. The van der Waals surface area contributed by atoms with Gasteiger partial charge in [-0.05, 0) is 36.4 Å². The van der Waals surface area contributed by atoms with Gasteiger partial charge in [-0.15, -0.1) is 0 Å². The maximum Gasteiger partial charge on any atom is 0.253 e. The molecule has 0 radical (unpaired) electrons. The van der Waals surface area contributed by atoms with E-state index in [0.29, 0.717) is 17.9 Å². The van der Waals surface area contributed by atoms with Gasteiger partial charge in [-0.3, -0.25) is 9.78 Å². The standard InChI is InChI=1S/C20H16N4O2/c25-20(22-13-18-7-4-10-26-18)15-8-9-19(21-11-15)16-12-23-24(14-16)17-5-2-1-3-6-17/h1-12,14H,13H2,(H,22,25). The number of nitrogens with zero attached hydrogens (tertiary/aromatic N) is 3. The predicted molar refractivity (Wildman–Crippen MR) is 96.7 cm³/mol. The minimum atomic E-state index is -0.194. The number of aromatic nitrogens is 3. The van der Waals surface area contributed by atoms with Crippen LogP contribution in [0.5, 0.6) is 0 Å². The van der Waals surface area contributed by atoms with Crippen molar-refractivity contribution in [2.24, 2.45) is 0 Å². The molecule has 0 unspecified atom stereocenters. The molecule has 1 amide bonds. The molecule has 0 spiro atoms. The molecule has 6 heteroatoms. The second-order valence-electron chi connectivity index (χ2n) is 5.70. The minimum absolute atomic E-state index is 0.194. The Morgan fingerprint density at radius 1 is 1.04 bits per heavy atom. The fourth-order valence-electron chi connectivity index (χ4n) is 2.56. The molecule has 26 heavy (non-hydrogen) atoms. The lowest BCUT2D eigenvalue weighted by molar-refractivity contribution is 0.0947. The number of rotatable bonds is 5. The molecule has 128 valence electrons. The summed E-state index contributed by atoms with van der Waals surface area (Å²) in [6.45, 7) is 0.345. The molecule has 0 atom stereocenters. The maximum absolute atomic E-state index is 12.2. The van der Waals surface area contributed by atoms with Gasteiger partial charge in [0.15, 0.2) is 0 Å². The van der Waals surface area contributed by atoms with Crippen LogP contribution in [0.3, 0.4) is 0 Å². The van der Waals surface area contributed by atoms with Gasteiger partial charge >= 0.3 is 0 Å². The van der Waals surface area contributed by atoms with Gasteiger partial charge in [0.25, 0.3) is 5.91 Å². The van der Waals surface area contributed by atoms with E-state index in [1.807, 2.05) is 48.7 Å². The molecule has 0 saturated carbocycles. The second kappa shape index (κ2) is 7.06. The molecule has 0 aliphatic heterocycles. The third-order valence-corrected chi connectivity index (χ3v) is 3.93. The molecule has 3 heterocycles. The van der Waals surface area contributed by atoms with Gasteiger partial charge in [0.2, 0.25) is 0 Å². The Balaban J connectivity index is 1.46. The smallest absolute Gasteiger partial charge is 0.253 e. The third-order valence-electron chi connectivity index (χ3n) is 3.93. The lowest BCUT2D eigenvalue weighted by atomic mass is 10.2. The van der Waals surface area contributed by atoms with Crippen LogP contribution in [0, 0.1) is 0 Å². The van der Waals surface area contributed by atoms with E-state index in [4.69, 9.17) is 4.42 Å². The fraction of sp³-hybridized carbons (Fsp3) is 0.0500. The van der Waals surface area contributed by atoms with E-state index in [1.54, 1.807) is 35.5 Å². The zero-order valence-electron chi connectivity index (χ0n) is 13.9. The van der Waals surface area contributed by atoms with Crippen molar-refractivity contribution in [2.75, 3.05) is 0 Å². The fourth-order valence-corrected chi connectivity index (χ4v) is 2.56. The summed E-state index contributed by atoms with van der Waals surface area (Å²) in [5.41, 5.74) is 3.12. The van der Waals surface area contributed by atoms with Crippen molar-refractivity contribution in [3.63, 3.8) is 0 Å². The number of carbonyl (C=O) groups is 1. The first-order chi connectivity index (χ1) is 12.8. The number of carbonyl (C=O) groups excluding carboxylic acids is 1. The summed E-state index contributed by atoms with van der Waals surface area (Å²) < 4.78 is 6.99. The van der Waals surface area contributed by atoms with Crippen molar-refractivity contribution in [2.45, 2.75) is 6.54 Å². The highest BCUT2D eigenvalue weighted by atomic mass is 16.3. The number of nitrogens with one attached hydrogen (secondary N) is 1. The Morgan fingerprint density at radius 2 is 1.92 bits per heavy atom. The summed E-state index contributed by atoms with van der Waals surface area (Å²) in [7, 11) is 0. The highest BCUT2D eigenvalue weighted by Crippen LogP contribution is 2.18. The number of benzene rings is 1. The van der Waals surface area contributed by atoms with Crippen molar-refractivity contribution >= 4 is 5.91 Å². The summed E-state index contributed by atoms with van der Waals surface area (Å²) >= 11 is 0. The summed E-state index contributed by atoms with van der Waals surface area (Å²) in [5.74, 6) is 0.511. The Kier molecular flexibility index (Phi) is 4.30. The van der Waals surface area contributed by atoms with Gasteiger partial charge in [-0.2, -0.15) is 5.10 Å². The second-order valence-corrected chi connectivity index (χ2v) is 5.70. The maximum atomic E-state index is 12.2. The molecular weight excluding hydrogens is 328 g/mol. The molecule has 4 rings (SSSR count). The molecule has 0 bridgehead atoms. The van der Waals surface area contributed by atoms with E-state index in [0.717, 1.165) is 16.9 Å². The van der Waals surface area contributed by atoms with Crippen LogP contribution in [0.25, 0.3) is 16.9 Å². The van der Waals surface area contributed by atoms with E-state index in [-0.39, 0.29) is 5.91 Å². The first kappa shape index (κ1) is 15.8. The Labute approximate surface area is 150 Å². The molecule has 0 fully saturated rings. The monoisotopic (exact) mass is 344 g/mol.